The Balaban J connectivity index is 1.55. The molecule has 3 aromatic carbocycles. The maximum atomic E-state index is 13.3. The summed E-state index contributed by atoms with van der Waals surface area (Å²) in [5.41, 5.74) is 2.07. The van der Waals surface area contributed by atoms with Crippen molar-refractivity contribution in [2.24, 2.45) is 0 Å². The van der Waals surface area contributed by atoms with Crippen molar-refractivity contribution in [3.63, 3.8) is 0 Å². The van der Waals surface area contributed by atoms with Crippen LogP contribution in [0.3, 0.4) is 0 Å². The topological polar surface area (TPSA) is 113 Å². The van der Waals surface area contributed by atoms with Gasteiger partial charge in [-0.15, -0.1) is 4.83 Å². The molecule has 174 valence electrons. The molecular weight excluding hydrogens is 489 g/mol. The number of sulfonamides is 2. The number of carbonyl (C=O) groups is 1. The summed E-state index contributed by atoms with van der Waals surface area (Å²) in [6.07, 6.45) is 0.0973. The number of carbonyl (C=O) groups excluding carboxylic acids is 1. The maximum absolute atomic E-state index is 13.3. The summed E-state index contributed by atoms with van der Waals surface area (Å²) in [5.74, 6) is -1.46. The second-order valence-electron chi connectivity index (χ2n) is 7.54. The lowest BCUT2D eigenvalue weighted by Gasteiger charge is -2.23. The van der Waals surface area contributed by atoms with Crippen LogP contribution in [-0.4, -0.2) is 44.9 Å². The summed E-state index contributed by atoms with van der Waals surface area (Å²) in [4.78, 5) is 14.5. The van der Waals surface area contributed by atoms with Crippen LogP contribution in [0.5, 0.6) is 0 Å². The summed E-state index contributed by atoms with van der Waals surface area (Å²) in [6, 6.07) is 14.8. The first-order chi connectivity index (χ1) is 15.6. The highest BCUT2D eigenvalue weighted by molar-refractivity contribution is 7.89. The van der Waals surface area contributed by atoms with Gasteiger partial charge in [0.15, 0.2) is 0 Å². The van der Waals surface area contributed by atoms with Gasteiger partial charge in [-0.05, 0) is 53.6 Å². The summed E-state index contributed by atoms with van der Waals surface area (Å²) in [5, 5.41) is 1.19. The Morgan fingerprint density at radius 3 is 2.27 bits per heavy atom. The van der Waals surface area contributed by atoms with E-state index in [1.54, 1.807) is 18.2 Å². The molecule has 0 aromatic heterocycles. The molecule has 3 aromatic rings. The van der Waals surface area contributed by atoms with Gasteiger partial charge >= 0.3 is 0 Å². The molecule has 12 heteroatoms. The molecule has 33 heavy (non-hydrogen) atoms. The van der Waals surface area contributed by atoms with Crippen LogP contribution in [0, 0.1) is 5.82 Å². The van der Waals surface area contributed by atoms with Gasteiger partial charge in [-0.3, -0.25) is 10.2 Å². The van der Waals surface area contributed by atoms with Gasteiger partial charge in [-0.2, -0.15) is 16.9 Å². The minimum Gasteiger partial charge on any atom is -0.276 e. The summed E-state index contributed by atoms with van der Waals surface area (Å²) >= 11 is 4.34. The van der Waals surface area contributed by atoms with Crippen molar-refractivity contribution >= 4 is 49.4 Å². The van der Waals surface area contributed by atoms with Crippen molar-refractivity contribution in [2.45, 2.75) is 27.5 Å². The highest BCUT2D eigenvalue weighted by Gasteiger charge is 2.43. The molecule has 8 nitrogen and oxygen atoms in total. The molecule has 1 aliphatic heterocycles. The van der Waals surface area contributed by atoms with E-state index in [2.05, 4.69) is 18.1 Å². The Morgan fingerprint density at radius 1 is 0.939 bits per heavy atom. The van der Waals surface area contributed by atoms with E-state index in [0.29, 0.717) is 0 Å². The van der Waals surface area contributed by atoms with Crippen molar-refractivity contribution in [2.75, 3.05) is 6.54 Å². The van der Waals surface area contributed by atoms with Crippen LogP contribution in [0.25, 0.3) is 10.8 Å². The molecule has 0 spiro atoms. The van der Waals surface area contributed by atoms with Gasteiger partial charge < -0.3 is 0 Å². The Hall–Kier alpha value is -2.51. The predicted octanol–water partition coefficient (Wildman–Crippen LogP) is 2.05. The number of hydrogen-bond donors (Lipinski definition) is 3. The Morgan fingerprint density at radius 2 is 1.58 bits per heavy atom. The van der Waals surface area contributed by atoms with E-state index in [9.17, 15) is 26.0 Å². The van der Waals surface area contributed by atoms with Crippen LogP contribution in [0.15, 0.2) is 76.5 Å². The van der Waals surface area contributed by atoms with Gasteiger partial charge in [0.05, 0.1) is 9.79 Å². The van der Waals surface area contributed by atoms with Crippen molar-refractivity contribution in [1.82, 2.24) is 14.6 Å². The number of hydrogen-bond acceptors (Lipinski definition) is 6. The molecule has 0 radical (unpaired) electrons. The van der Waals surface area contributed by atoms with Crippen molar-refractivity contribution in [3.05, 3.63) is 72.5 Å². The summed E-state index contributed by atoms with van der Waals surface area (Å²) in [7, 11) is -8.24. The van der Waals surface area contributed by atoms with Crippen molar-refractivity contribution in [1.29, 1.82) is 0 Å². The van der Waals surface area contributed by atoms with Crippen LogP contribution in [-0.2, 0) is 24.8 Å². The standard InChI is InChI=1S/C21H20FN3O5S3/c22-16-6-9-18(10-7-16)32(27,28)24-23-21(26)20-12-17(31)13-25(20)33(29,30)19-8-5-14-3-1-2-4-15(14)11-19/h1-11,17,20,24,31H,12-13H2,(H,23,26)/t17-,20+/m1/s1. The molecule has 0 aliphatic carbocycles. The van der Waals surface area contributed by atoms with Crippen LogP contribution >= 0.6 is 12.6 Å². The Bertz CT molecular complexity index is 1410. The Labute approximate surface area is 196 Å². The van der Waals surface area contributed by atoms with Gasteiger partial charge in [0.2, 0.25) is 10.0 Å². The molecule has 1 aliphatic rings. The first kappa shape index (κ1) is 23.6. The van der Waals surface area contributed by atoms with Gasteiger partial charge in [0.25, 0.3) is 15.9 Å². The van der Waals surface area contributed by atoms with Crippen LogP contribution < -0.4 is 10.3 Å². The average molecular weight is 510 g/mol. The molecule has 2 atom stereocenters. The van der Waals surface area contributed by atoms with Crippen LogP contribution in [0.1, 0.15) is 6.42 Å². The number of nitrogens with zero attached hydrogens (tertiary/aromatic N) is 1. The van der Waals surface area contributed by atoms with E-state index in [4.69, 9.17) is 0 Å². The highest BCUT2D eigenvalue weighted by Crippen LogP contribution is 2.30. The number of fused-ring (bicyclic) bond motifs is 1. The van der Waals surface area contributed by atoms with Gasteiger partial charge in [-0.1, -0.05) is 30.3 Å². The van der Waals surface area contributed by atoms with Crippen molar-refractivity contribution in [3.8, 4) is 0 Å². The van der Waals surface area contributed by atoms with E-state index in [0.717, 1.165) is 39.3 Å². The fourth-order valence-corrected chi connectivity index (χ4v) is 6.64. The summed E-state index contributed by atoms with van der Waals surface area (Å²) < 4.78 is 65.5. The molecule has 1 amide bonds. The van der Waals surface area contributed by atoms with Gasteiger partial charge in [0.1, 0.15) is 11.9 Å². The lowest BCUT2D eigenvalue weighted by Crippen LogP contribution is -2.51. The molecule has 0 unspecified atom stereocenters. The number of thiol groups is 1. The highest BCUT2D eigenvalue weighted by atomic mass is 32.2. The predicted molar refractivity (Wildman–Crippen MR) is 124 cm³/mol. The van der Waals surface area contributed by atoms with E-state index in [-0.39, 0.29) is 22.8 Å². The average Bonchev–Trinajstić information content (AvgIpc) is 3.20. The van der Waals surface area contributed by atoms with Crippen molar-refractivity contribution < 1.29 is 26.0 Å². The van der Waals surface area contributed by atoms with E-state index < -0.39 is 43.1 Å². The monoisotopic (exact) mass is 509 g/mol. The molecule has 1 saturated heterocycles. The quantitative estimate of drug-likeness (QED) is 0.348. The minimum absolute atomic E-state index is 0.0128. The molecule has 0 saturated carbocycles. The van der Waals surface area contributed by atoms with Gasteiger partial charge in [0, 0.05) is 11.8 Å². The molecular formula is C21H20FN3O5S3. The zero-order chi connectivity index (χ0) is 23.8. The molecule has 1 fully saturated rings. The maximum Gasteiger partial charge on any atom is 0.257 e. The van der Waals surface area contributed by atoms with Crippen LogP contribution in [0.4, 0.5) is 4.39 Å². The number of halogens is 1. The third-order valence-electron chi connectivity index (χ3n) is 5.30. The molecule has 1 heterocycles. The number of amides is 1. The Kier molecular flexibility index (Phi) is 6.47. The lowest BCUT2D eigenvalue weighted by molar-refractivity contribution is -0.124. The second kappa shape index (κ2) is 9.03. The third kappa shape index (κ3) is 4.89. The van der Waals surface area contributed by atoms with E-state index in [1.807, 2.05) is 17.0 Å². The van der Waals surface area contributed by atoms with Gasteiger partial charge in [-0.25, -0.2) is 21.2 Å². The lowest BCUT2D eigenvalue weighted by atomic mass is 10.1. The van der Waals surface area contributed by atoms with Crippen LogP contribution in [0.2, 0.25) is 0 Å². The largest absolute Gasteiger partial charge is 0.276 e. The number of hydrazine groups is 1. The molecule has 2 N–H and O–H groups in total. The smallest absolute Gasteiger partial charge is 0.257 e. The zero-order valence-corrected chi connectivity index (χ0v) is 19.6. The minimum atomic E-state index is -4.18. The number of benzene rings is 3. The molecule has 4 rings (SSSR count). The normalized spacial score (nSPS) is 19.6. The molecule has 0 bridgehead atoms. The SMILES string of the molecule is O=C(NNS(=O)(=O)c1ccc(F)cc1)[C@@H]1C[C@@H](S)CN1S(=O)(=O)c1ccc2ccccc2c1. The summed E-state index contributed by atoms with van der Waals surface area (Å²) in [6.45, 7) is -0.0128. The fourth-order valence-electron chi connectivity index (χ4n) is 3.62. The van der Waals surface area contributed by atoms with E-state index in [1.165, 1.54) is 12.1 Å². The first-order valence-electron chi connectivity index (χ1n) is 9.84. The van der Waals surface area contributed by atoms with E-state index >= 15 is 0 Å². The fraction of sp³-hybridized carbons (Fsp3) is 0.190. The zero-order valence-electron chi connectivity index (χ0n) is 17.0. The number of nitrogens with one attached hydrogen (secondary N) is 2. The second-order valence-corrected chi connectivity index (χ2v) is 11.8. The third-order valence-corrected chi connectivity index (χ3v) is 8.80. The first-order valence-corrected chi connectivity index (χ1v) is 13.3. The number of rotatable bonds is 6.